The van der Waals surface area contributed by atoms with Gasteiger partial charge in [-0.05, 0) is 49.3 Å². The number of hydrogen-bond acceptors (Lipinski definition) is 6. The van der Waals surface area contributed by atoms with Gasteiger partial charge in [0.2, 0.25) is 12.6 Å². The smallest absolute Gasteiger partial charge is 0.231 e. The summed E-state index contributed by atoms with van der Waals surface area (Å²) < 4.78 is 10.8. The molecule has 4 rings (SSSR count). The van der Waals surface area contributed by atoms with Crippen molar-refractivity contribution in [1.82, 2.24) is 25.1 Å². The Bertz CT molecular complexity index is 897. The Labute approximate surface area is 164 Å². The lowest BCUT2D eigenvalue weighted by molar-refractivity contribution is 0.174. The number of benzene rings is 2. The van der Waals surface area contributed by atoms with Gasteiger partial charge in [0.05, 0.1) is 6.54 Å². The standard InChI is InChI=1S/C21H25N5O2/c1-25(15-17-10-11-19-20(14-17)28-16-27-19)12-6-3-7-13-26-23-21(22-24-26)18-8-4-2-5-9-18/h2,4-5,8-11,14H,3,6-7,12-13,15-16H2,1H3. The van der Waals surface area contributed by atoms with E-state index in [1.54, 1.807) is 4.80 Å². The predicted molar refractivity (Wildman–Crippen MR) is 106 cm³/mol. The first kappa shape index (κ1) is 18.4. The molecule has 0 fully saturated rings. The minimum Gasteiger partial charge on any atom is -0.454 e. The molecular formula is C21H25N5O2. The van der Waals surface area contributed by atoms with E-state index in [1.807, 2.05) is 36.4 Å². The highest BCUT2D eigenvalue weighted by atomic mass is 16.7. The van der Waals surface area contributed by atoms with Crippen LogP contribution in [0.5, 0.6) is 11.5 Å². The fourth-order valence-corrected chi connectivity index (χ4v) is 3.28. The molecule has 0 aliphatic carbocycles. The molecule has 3 aromatic rings. The summed E-state index contributed by atoms with van der Waals surface area (Å²) in [4.78, 5) is 4.03. The molecule has 2 aromatic carbocycles. The minimum atomic E-state index is 0.322. The van der Waals surface area contributed by atoms with Crippen molar-refractivity contribution >= 4 is 0 Å². The average Bonchev–Trinajstić information content (AvgIpc) is 3.37. The van der Waals surface area contributed by atoms with Gasteiger partial charge in [-0.25, -0.2) is 0 Å². The zero-order valence-electron chi connectivity index (χ0n) is 16.1. The van der Waals surface area contributed by atoms with E-state index in [0.717, 1.165) is 56.0 Å². The van der Waals surface area contributed by atoms with Gasteiger partial charge in [-0.2, -0.15) is 4.80 Å². The van der Waals surface area contributed by atoms with Crippen molar-refractivity contribution in [3.05, 3.63) is 54.1 Å². The third-order valence-corrected chi connectivity index (χ3v) is 4.77. The molecule has 0 saturated carbocycles. The number of fused-ring (bicyclic) bond motifs is 1. The number of ether oxygens (including phenoxy) is 2. The largest absolute Gasteiger partial charge is 0.454 e. The molecule has 7 heteroatoms. The fourth-order valence-electron chi connectivity index (χ4n) is 3.28. The van der Waals surface area contributed by atoms with Crippen molar-refractivity contribution in [2.24, 2.45) is 0 Å². The third-order valence-electron chi connectivity index (χ3n) is 4.77. The summed E-state index contributed by atoms with van der Waals surface area (Å²) in [5.41, 5.74) is 2.24. The number of aromatic nitrogens is 4. The van der Waals surface area contributed by atoms with Gasteiger partial charge in [0.15, 0.2) is 11.5 Å². The normalized spacial score (nSPS) is 12.6. The molecule has 1 aromatic heterocycles. The van der Waals surface area contributed by atoms with Crippen LogP contribution in [-0.2, 0) is 13.1 Å². The number of unbranched alkanes of at least 4 members (excludes halogenated alkanes) is 2. The van der Waals surface area contributed by atoms with Crippen LogP contribution in [0.1, 0.15) is 24.8 Å². The van der Waals surface area contributed by atoms with E-state index in [-0.39, 0.29) is 0 Å². The van der Waals surface area contributed by atoms with E-state index in [4.69, 9.17) is 9.47 Å². The second kappa shape index (κ2) is 8.84. The van der Waals surface area contributed by atoms with Crippen LogP contribution in [0.3, 0.4) is 0 Å². The molecule has 0 radical (unpaired) electrons. The van der Waals surface area contributed by atoms with Crippen molar-refractivity contribution in [2.75, 3.05) is 20.4 Å². The molecular weight excluding hydrogens is 354 g/mol. The monoisotopic (exact) mass is 379 g/mol. The Balaban J connectivity index is 1.15. The van der Waals surface area contributed by atoms with Crippen LogP contribution >= 0.6 is 0 Å². The third kappa shape index (κ3) is 4.67. The van der Waals surface area contributed by atoms with E-state index >= 15 is 0 Å². The first-order chi connectivity index (χ1) is 13.8. The molecule has 0 N–H and O–H groups in total. The number of tetrazole rings is 1. The molecule has 28 heavy (non-hydrogen) atoms. The first-order valence-electron chi connectivity index (χ1n) is 9.68. The molecule has 0 bridgehead atoms. The summed E-state index contributed by atoms with van der Waals surface area (Å²) in [7, 11) is 2.15. The van der Waals surface area contributed by atoms with E-state index in [0.29, 0.717) is 12.6 Å². The second-order valence-electron chi connectivity index (χ2n) is 7.06. The van der Waals surface area contributed by atoms with E-state index in [1.165, 1.54) is 5.56 Å². The fraction of sp³-hybridized carbons (Fsp3) is 0.381. The summed E-state index contributed by atoms with van der Waals surface area (Å²) in [6.07, 6.45) is 3.32. The quantitative estimate of drug-likeness (QED) is 0.531. The van der Waals surface area contributed by atoms with Crippen LogP contribution in [0.4, 0.5) is 0 Å². The molecule has 2 heterocycles. The van der Waals surface area contributed by atoms with E-state index in [2.05, 4.69) is 39.5 Å². The molecule has 0 unspecified atom stereocenters. The topological polar surface area (TPSA) is 65.3 Å². The Morgan fingerprint density at radius 3 is 2.75 bits per heavy atom. The van der Waals surface area contributed by atoms with Gasteiger partial charge in [0.1, 0.15) is 0 Å². The zero-order chi connectivity index (χ0) is 19.2. The molecule has 1 aliphatic heterocycles. The Hall–Kier alpha value is -2.93. The summed E-state index contributed by atoms with van der Waals surface area (Å²) in [5.74, 6) is 2.37. The Morgan fingerprint density at radius 1 is 1.00 bits per heavy atom. The highest BCUT2D eigenvalue weighted by Crippen LogP contribution is 2.32. The van der Waals surface area contributed by atoms with Crippen molar-refractivity contribution in [3.8, 4) is 22.9 Å². The van der Waals surface area contributed by atoms with Crippen molar-refractivity contribution in [2.45, 2.75) is 32.4 Å². The number of nitrogens with zero attached hydrogens (tertiary/aromatic N) is 5. The number of aryl methyl sites for hydroxylation is 1. The van der Waals surface area contributed by atoms with Gasteiger partial charge < -0.3 is 14.4 Å². The Kier molecular flexibility index (Phi) is 5.82. The highest BCUT2D eigenvalue weighted by molar-refractivity contribution is 5.52. The molecule has 0 saturated heterocycles. The van der Waals surface area contributed by atoms with E-state index < -0.39 is 0 Å². The zero-order valence-corrected chi connectivity index (χ0v) is 16.1. The molecule has 146 valence electrons. The lowest BCUT2D eigenvalue weighted by Gasteiger charge is -2.16. The van der Waals surface area contributed by atoms with Crippen LogP contribution in [0.15, 0.2) is 48.5 Å². The van der Waals surface area contributed by atoms with Gasteiger partial charge >= 0.3 is 0 Å². The molecule has 1 aliphatic rings. The predicted octanol–water partition coefficient (Wildman–Crippen LogP) is 3.37. The minimum absolute atomic E-state index is 0.322. The van der Waals surface area contributed by atoms with Crippen LogP contribution in [-0.4, -0.2) is 45.5 Å². The Morgan fingerprint density at radius 2 is 1.86 bits per heavy atom. The lowest BCUT2D eigenvalue weighted by Crippen LogP contribution is -2.19. The maximum absolute atomic E-state index is 5.45. The summed E-state index contributed by atoms with van der Waals surface area (Å²) >= 11 is 0. The van der Waals surface area contributed by atoms with Crippen molar-refractivity contribution in [3.63, 3.8) is 0 Å². The summed E-state index contributed by atoms with van der Waals surface area (Å²) in [5, 5.41) is 12.8. The highest BCUT2D eigenvalue weighted by Gasteiger charge is 2.13. The number of hydrogen-bond donors (Lipinski definition) is 0. The maximum atomic E-state index is 5.45. The first-order valence-corrected chi connectivity index (χ1v) is 9.68. The van der Waals surface area contributed by atoms with Crippen LogP contribution in [0.25, 0.3) is 11.4 Å². The summed E-state index contributed by atoms with van der Waals surface area (Å²) in [6.45, 7) is 3.07. The van der Waals surface area contributed by atoms with Gasteiger partial charge in [-0.1, -0.05) is 42.8 Å². The molecule has 0 amide bonds. The SMILES string of the molecule is CN(CCCCCn1nnc(-c2ccccc2)n1)Cc1ccc2c(c1)OCO2. The van der Waals surface area contributed by atoms with Gasteiger partial charge in [-0.3, -0.25) is 0 Å². The average molecular weight is 379 g/mol. The van der Waals surface area contributed by atoms with Gasteiger partial charge in [0, 0.05) is 12.1 Å². The van der Waals surface area contributed by atoms with Crippen LogP contribution in [0.2, 0.25) is 0 Å². The number of rotatable bonds is 9. The maximum Gasteiger partial charge on any atom is 0.231 e. The van der Waals surface area contributed by atoms with Gasteiger partial charge in [-0.15, -0.1) is 10.2 Å². The molecule has 0 atom stereocenters. The van der Waals surface area contributed by atoms with E-state index in [9.17, 15) is 0 Å². The van der Waals surface area contributed by atoms with Crippen LogP contribution < -0.4 is 9.47 Å². The van der Waals surface area contributed by atoms with Crippen molar-refractivity contribution in [1.29, 1.82) is 0 Å². The van der Waals surface area contributed by atoms with Crippen molar-refractivity contribution < 1.29 is 9.47 Å². The van der Waals surface area contributed by atoms with Crippen LogP contribution in [0, 0.1) is 0 Å². The summed E-state index contributed by atoms with van der Waals surface area (Å²) in [6, 6.07) is 16.1. The molecule has 0 spiro atoms. The second-order valence-corrected chi connectivity index (χ2v) is 7.06. The van der Waals surface area contributed by atoms with Gasteiger partial charge in [0.25, 0.3) is 0 Å². The lowest BCUT2D eigenvalue weighted by atomic mass is 10.2. The molecule has 7 nitrogen and oxygen atoms in total.